The van der Waals surface area contributed by atoms with Crippen LogP contribution in [0.1, 0.15) is 39.0 Å². The molecule has 2 rings (SSSR count). The van der Waals surface area contributed by atoms with E-state index < -0.39 is 0 Å². The Labute approximate surface area is 103 Å². The van der Waals surface area contributed by atoms with Gasteiger partial charge < -0.3 is 14.8 Å². The number of hydrogen-bond acceptors (Lipinski definition) is 4. The summed E-state index contributed by atoms with van der Waals surface area (Å²) in [7, 11) is 0. The highest BCUT2D eigenvalue weighted by atomic mass is 16.6. The monoisotopic (exact) mass is 241 g/mol. The van der Waals surface area contributed by atoms with Crippen LogP contribution >= 0.6 is 0 Å². The van der Waals surface area contributed by atoms with Crippen molar-refractivity contribution >= 4 is 5.97 Å². The van der Waals surface area contributed by atoms with Crippen molar-refractivity contribution in [2.24, 2.45) is 5.92 Å². The van der Waals surface area contributed by atoms with Gasteiger partial charge in [-0.25, -0.2) is 0 Å². The number of esters is 1. The van der Waals surface area contributed by atoms with Gasteiger partial charge in [-0.1, -0.05) is 6.92 Å². The third-order valence-electron chi connectivity index (χ3n) is 3.71. The first-order valence-electron chi connectivity index (χ1n) is 6.79. The van der Waals surface area contributed by atoms with Crippen LogP contribution in [0.5, 0.6) is 0 Å². The number of ether oxygens (including phenoxy) is 2. The zero-order valence-corrected chi connectivity index (χ0v) is 10.6. The first kappa shape index (κ1) is 12.8. The number of piperidine rings is 1. The minimum absolute atomic E-state index is 0.105. The van der Waals surface area contributed by atoms with E-state index in [1.54, 1.807) is 0 Å². The van der Waals surface area contributed by atoms with E-state index in [0.29, 0.717) is 12.5 Å². The molecule has 0 amide bonds. The van der Waals surface area contributed by atoms with E-state index >= 15 is 0 Å². The first-order valence-corrected chi connectivity index (χ1v) is 6.79. The molecular formula is C13H23NO3. The third-order valence-corrected chi connectivity index (χ3v) is 3.71. The van der Waals surface area contributed by atoms with Gasteiger partial charge in [0.05, 0.1) is 6.10 Å². The van der Waals surface area contributed by atoms with E-state index in [9.17, 15) is 4.79 Å². The third kappa shape index (κ3) is 3.68. The predicted octanol–water partition coefficient (Wildman–Crippen LogP) is 1.49. The largest absolute Gasteiger partial charge is 0.462 e. The Bertz CT molecular complexity index is 251. The van der Waals surface area contributed by atoms with E-state index in [1.165, 1.54) is 6.42 Å². The predicted molar refractivity (Wildman–Crippen MR) is 64.7 cm³/mol. The van der Waals surface area contributed by atoms with Crippen molar-refractivity contribution in [2.45, 2.75) is 51.2 Å². The van der Waals surface area contributed by atoms with Gasteiger partial charge in [0, 0.05) is 6.61 Å². The number of carbonyl (C=O) groups is 1. The van der Waals surface area contributed by atoms with E-state index in [0.717, 1.165) is 38.8 Å². The molecule has 0 aromatic heterocycles. The van der Waals surface area contributed by atoms with Gasteiger partial charge in [0.15, 0.2) is 0 Å². The molecule has 2 aliphatic rings. The van der Waals surface area contributed by atoms with Gasteiger partial charge in [0.25, 0.3) is 0 Å². The molecule has 2 aliphatic heterocycles. The Morgan fingerprint density at radius 2 is 2.24 bits per heavy atom. The Kier molecular flexibility index (Phi) is 4.80. The molecule has 2 saturated heterocycles. The molecule has 0 aliphatic carbocycles. The van der Waals surface area contributed by atoms with E-state index in [-0.39, 0.29) is 18.1 Å². The van der Waals surface area contributed by atoms with Gasteiger partial charge in [0.1, 0.15) is 12.6 Å². The van der Waals surface area contributed by atoms with Crippen LogP contribution in [0, 0.1) is 5.92 Å². The molecule has 2 heterocycles. The van der Waals surface area contributed by atoms with Crippen molar-refractivity contribution in [1.29, 1.82) is 0 Å². The molecule has 98 valence electrons. The highest BCUT2D eigenvalue weighted by molar-refractivity contribution is 5.76. The summed E-state index contributed by atoms with van der Waals surface area (Å²) in [5, 5.41) is 3.24. The molecule has 4 heteroatoms. The van der Waals surface area contributed by atoms with Crippen LogP contribution in [0.4, 0.5) is 0 Å². The second kappa shape index (κ2) is 6.36. The Morgan fingerprint density at radius 1 is 1.35 bits per heavy atom. The number of carbonyl (C=O) groups excluding carboxylic acids is 1. The number of hydrogen-bond donors (Lipinski definition) is 1. The lowest BCUT2D eigenvalue weighted by Gasteiger charge is -2.29. The average molecular weight is 241 g/mol. The number of rotatable bonds is 3. The van der Waals surface area contributed by atoms with Crippen LogP contribution in [-0.4, -0.2) is 37.9 Å². The Morgan fingerprint density at radius 3 is 2.94 bits per heavy atom. The molecule has 2 fully saturated rings. The van der Waals surface area contributed by atoms with Crippen LogP contribution in [0.2, 0.25) is 0 Å². The fourth-order valence-electron chi connectivity index (χ4n) is 2.57. The Balaban J connectivity index is 1.72. The molecule has 0 bridgehead atoms. The lowest BCUT2D eigenvalue weighted by molar-refractivity contribution is -0.153. The van der Waals surface area contributed by atoms with Crippen molar-refractivity contribution in [2.75, 3.05) is 19.8 Å². The molecule has 3 atom stereocenters. The lowest BCUT2D eigenvalue weighted by atomic mass is 9.93. The maximum Gasteiger partial charge on any atom is 0.323 e. The molecule has 0 spiro atoms. The standard InChI is InChI=1S/C13H23NO3/c1-10-5-4-7-14-12(10)13(15)17-9-11-6-2-3-8-16-11/h10-12,14H,2-9H2,1H3. The van der Waals surface area contributed by atoms with Crippen molar-refractivity contribution in [1.82, 2.24) is 5.32 Å². The lowest BCUT2D eigenvalue weighted by Crippen LogP contribution is -2.47. The maximum absolute atomic E-state index is 11.9. The number of nitrogens with one attached hydrogen (secondary N) is 1. The molecule has 3 unspecified atom stereocenters. The molecule has 17 heavy (non-hydrogen) atoms. The van der Waals surface area contributed by atoms with Gasteiger partial charge >= 0.3 is 5.97 Å². The Hall–Kier alpha value is -0.610. The van der Waals surface area contributed by atoms with E-state index in [1.807, 2.05) is 0 Å². The fourth-order valence-corrected chi connectivity index (χ4v) is 2.57. The van der Waals surface area contributed by atoms with Gasteiger partial charge in [-0.3, -0.25) is 4.79 Å². The fraction of sp³-hybridized carbons (Fsp3) is 0.923. The highest BCUT2D eigenvalue weighted by Gasteiger charge is 2.29. The van der Waals surface area contributed by atoms with Crippen molar-refractivity contribution < 1.29 is 14.3 Å². The second-order valence-electron chi connectivity index (χ2n) is 5.17. The topological polar surface area (TPSA) is 47.6 Å². The molecule has 0 saturated carbocycles. The average Bonchev–Trinajstić information content (AvgIpc) is 2.38. The van der Waals surface area contributed by atoms with Gasteiger partial charge in [-0.2, -0.15) is 0 Å². The SMILES string of the molecule is CC1CCCNC1C(=O)OCC1CCCCO1. The molecule has 0 radical (unpaired) electrons. The summed E-state index contributed by atoms with van der Waals surface area (Å²) in [4.78, 5) is 11.9. The summed E-state index contributed by atoms with van der Waals surface area (Å²) in [6.07, 6.45) is 5.70. The van der Waals surface area contributed by atoms with Crippen LogP contribution in [0.3, 0.4) is 0 Å². The van der Waals surface area contributed by atoms with Crippen molar-refractivity contribution in [3.63, 3.8) is 0 Å². The van der Waals surface area contributed by atoms with Crippen molar-refractivity contribution in [3.8, 4) is 0 Å². The molecule has 0 aromatic carbocycles. The second-order valence-corrected chi connectivity index (χ2v) is 5.17. The van der Waals surface area contributed by atoms with Crippen LogP contribution < -0.4 is 5.32 Å². The maximum atomic E-state index is 11.9. The van der Waals surface area contributed by atoms with Crippen LogP contribution in [-0.2, 0) is 14.3 Å². The summed E-state index contributed by atoms with van der Waals surface area (Å²) in [5.74, 6) is 0.273. The summed E-state index contributed by atoms with van der Waals surface area (Å²) in [6.45, 7) is 4.25. The summed E-state index contributed by atoms with van der Waals surface area (Å²) >= 11 is 0. The van der Waals surface area contributed by atoms with Crippen molar-refractivity contribution in [3.05, 3.63) is 0 Å². The van der Waals surface area contributed by atoms with Crippen LogP contribution in [0.15, 0.2) is 0 Å². The summed E-state index contributed by atoms with van der Waals surface area (Å²) in [5.41, 5.74) is 0. The molecular weight excluding hydrogens is 218 g/mol. The molecule has 0 aromatic rings. The quantitative estimate of drug-likeness (QED) is 0.760. The van der Waals surface area contributed by atoms with Gasteiger partial charge in [-0.15, -0.1) is 0 Å². The highest BCUT2D eigenvalue weighted by Crippen LogP contribution is 2.18. The zero-order chi connectivity index (χ0) is 12.1. The normalized spacial score (nSPS) is 34.3. The minimum Gasteiger partial charge on any atom is -0.462 e. The smallest absolute Gasteiger partial charge is 0.323 e. The zero-order valence-electron chi connectivity index (χ0n) is 10.6. The molecule has 1 N–H and O–H groups in total. The van der Waals surface area contributed by atoms with E-state index in [2.05, 4.69) is 12.2 Å². The molecule has 4 nitrogen and oxygen atoms in total. The summed E-state index contributed by atoms with van der Waals surface area (Å²) < 4.78 is 10.9. The summed E-state index contributed by atoms with van der Waals surface area (Å²) in [6, 6.07) is -0.118. The van der Waals surface area contributed by atoms with Crippen LogP contribution in [0.25, 0.3) is 0 Å². The minimum atomic E-state index is -0.118. The first-order chi connectivity index (χ1) is 8.27. The van der Waals surface area contributed by atoms with Gasteiger partial charge in [0.2, 0.25) is 0 Å². The van der Waals surface area contributed by atoms with Gasteiger partial charge in [-0.05, 0) is 44.6 Å². The van der Waals surface area contributed by atoms with E-state index in [4.69, 9.17) is 9.47 Å².